The summed E-state index contributed by atoms with van der Waals surface area (Å²) in [5.74, 6) is -1.71. The number of halogens is 2. The molecule has 6 aromatic rings. The molecule has 1 atom stereocenters. The molecule has 238 valence electrons. The summed E-state index contributed by atoms with van der Waals surface area (Å²) in [6.07, 6.45) is 3.06. The molecule has 0 aliphatic carbocycles. The summed E-state index contributed by atoms with van der Waals surface area (Å²) in [5, 5.41) is 6.38. The Morgan fingerprint density at radius 2 is 1.83 bits per heavy atom. The van der Waals surface area contributed by atoms with Gasteiger partial charge in [0.15, 0.2) is 0 Å². The maximum absolute atomic E-state index is 16.1. The summed E-state index contributed by atoms with van der Waals surface area (Å²) in [7, 11) is 3.46. The first kappa shape index (κ1) is 30.2. The maximum Gasteiger partial charge on any atom is 0.246 e. The molecular formula is C36H32F2N6O3. The van der Waals surface area contributed by atoms with Crippen LogP contribution in [0.3, 0.4) is 0 Å². The number of nitrogens with zero attached hydrogens (tertiary/aromatic N) is 6. The molecule has 1 aliphatic rings. The van der Waals surface area contributed by atoms with E-state index in [0.29, 0.717) is 41.1 Å². The lowest BCUT2D eigenvalue weighted by Crippen LogP contribution is -2.40. The Hall–Kier alpha value is -5.42. The lowest BCUT2D eigenvalue weighted by Gasteiger charge is -2.33. The summed E-state index contributed by atoms with van der Waals surface area (Å²) >= 11 is 0. The number of fused-ring (bicyclic) bond motifs is 3. The summed E-state index contributed by atoms with van der Waals surface area (Å²) in [6, 6.07) is 17.2. The van der Waals surface area contributed by atoms with Crippen LogP contribution in [0.25, 0.3) is 55.6 Å². The van der Waals surface area contributed by atoms with Gasteiger partial charge in [-0.2, -0.15) is 5.10 Å². The highest BCUT2D eigenvalue weighted by Gasteiger charge is 2.31. The Bertz CT molecular complexity index is 2190. The van der Waals surface area contributed by atoms with Crippen molar-refractivity contribution in [2.45, 2.75) is 19.5 Å². The fourth-order valence-corrected chi connectivity index (χ4v) is 6.38. The lowest BCUT2D eigenvalue weighted by atomic mass is 9.92. The van der Waals surface area contributed by atoms with Crippen LogP contribution in [0.5, 0.6) is 5.75 Å². The number of hydrogen-bond acceptors (Lipinski definition) is 6. The molecule has 47 heavy (non-hydrogen) atoms. The molecule has 3 aromatic carbocycles. The zero-order chi connectivity index (χ0) is 32.8. The molecule has 0 fully saturated rings. The normalized spacial score (nSPS) is 14.5. The molecule has 0 saturated heterocycles. The van der Waals surface area contributed by atoms with Gasteiger partial charge in [0.1, 0.15) is 29.7 Å². The molecule has 3 aromatic heterocycles. The fourth-order valence-electron chi connectivity index (χ4n) is 6.38. The minimum Gasteiger partial charge on any atom is -0.490 e. The van der Waals surface area contributed by atoms with Gasteiger partial charge in [-0.3, -0.25) is 9.48 Å². The van der Waals surface area contributed by atoms with Crippen molar-refractivity contribution in [3.63, 3.8) is 0 Å². The highest BCUT2D eigenvalue weighted by Crippen LogP contribution is 2.46. The number of carbonyl (C=O) groups is 1. The zero-order valence-corrected chi connectivity index (χ0v) is 26.2. The predicted octanol–water partition coefficient (Wildman–Crippen LogP) is 6.71. The third kappa shape index (κ3) is 5.22. The number of carbonyl (C=O) groups excluding carboxylic acids is 1. The number of amides is 1. The molecular weight excluding hydrogens is 602 g/mol. The van der Waals surface area contributed by atoms with Gasteiger partial charge in [0, 0.05) is 49.3 Å². The number of imidazole rings is 1. The van der Waals surface area contributed by atoms with Gasteiger partial charge >= 0.3 is 0 Å². The number of rotatable bonds is 8. The number of ether oxygens (including phenoxy) is 2. The van der Waals surface area contributed by atoms with E-state index in [0.717, 1.165) is 33.7 Å². The Morgan fingerprint density at radius 3 is 2.62 bits per heavy atom. The van der Waals surface area contributed by atoms with Crippen LogP contribution in [-0.2, 0) is 23.1 Å². The molecule has 0 bridgehead atoms. The van der Waals surface area contributed by atoms with Crippen molar-refractivity contribution in [2.75, 3.05) is 26.9 Å². The molecule has 0 unspecified atom stereocenters. The van der Waals surface area contributed by atoms with Gasteiger partial charge in [-0.25, -0.2) is 18.7 Å². The van der Waals surface area contributed by atoms with Crippen LogP contribution in [0.4, 0.5) is 8.78 Å². The summed E-state index contributed by atoms with van der Waals surface area (Å²) < 4.78 is 45.7. The molecule has 0 spiro atoms. The molecule has 7 rings (SSSR count). The number of aromatic nitrogens is 5. The van der Waals surface area contributed by atoms with E-state index < -0.39 is 11.6 Å². The molecule has 0 saturated carbocycles. The molecule has 1 aliphatic heterocycles. The number of hydrogen-bond donors (Lipinski definition) is 0. The first-order valence-electron chi connectivity index (χ1n) is 15.3. The van der Waals surface area contributed by atoms with E-state index in [-0.39, 0.29) is 36.5 Å². The third-order valence-electron chi connectivity index (χ3n) is 8.68. The van der Waals surface area contributed by atoms with Gasteiger partial charge in [-0.1, -0.05) is 36.9 Å². The number of aryl methyl sites for hydroxylation is 1. The highest BCUT2D eigenvalue weighted by atomic mass is 19.1. The Labute approximate surface area is 269 Å². The summed E-state index contributed by atoms with van der Waals surface area (Å²) in [4.78, 5) is 24.1. The molecule has 11 heteroatoms. The monoisotopic (exact) mass is 634 g/mol. The second-order valence-corrected chi connectivity index (χ2v) is 11.5. The van der Waals surface area contributed by atoms with Crippen LogP contribution < -0.4 is 4.74 Å². The second-order valence-electron chi connectivity index (χ2n) is 11.5. The minimum atomic E-state index is -0.798. The first-order chi connectivity index (χ1) is 22.8. The van der Waals surface area contributed by atoms with E-state index in [1.165, 1.54) is 19.3 Å². The second kappa shape index (κ2) is 12.1. The third-order valence-corrected chi connectivity index (χ3v) is 8.68. The SMILES string of the molecule is C=CC(=O)N1CCn2nc(-c3nc(-c4ccc5c(c4)ncn5C)c4ccccc4c3-c3c(F)cc(F)cc3OCCOC)cc2[C@H]1C. The molecule has 0 N–H and O–H groups in total. The van der Waals surface area contributed by atoms with Crippen LogP contribution in [-0.4, -0.2) is 62.0 Å². The van der Waals surface area contributed by atoms with Crippen LogP contribution >= 0.6 is 0 Å². The minimum absolute atomic E-state index is 0.0236. The van der Waals surface area contributed by atoms with E-state index in [1.807, 2.05) is 71.8 Å². The first-order valence-corrected chi connectivity index (χ1v) is 15.3. The van der Waals surface area contributed by atoms with Crippen molar-refractivity contribution in [2.24, 2.45) is 7.05 Å². The quantitative estimate of drug-likeness (QED) is 0.137. The van der Waals surface area contributed by atoms with E-state index in [4.69, 9.17) is 19.6 Å². The Balaban J connectivity index is 1.53. The fraction of sp³-hybridized carbons (Fsp3) is 0.222. The van der Waals surface area contributed by atoms with Gasteiger partial charge in [-0.15, -0.1) is 0 Å². The number of methoxy groups -OCH3 is 1. The van der Waals surface area contributed by atoms with E-state index in [2.05, 4.69) is 11.6 Å². The van der Waals surface area contributed by atoms with E-state index in [1.54, 1.807) is 11.2 Å². The van der Waals surface area contributed by atoms with Crippen LogP contribution in [0.15, 0.2) is 79.6 Å². The Kier molecular flexibility index (Phi) is 7.77. The number of benzene rings is 3. The molecule has 1 amide bonds. The van der Waals surface area contributed by atoms with Gasteiger partial charge < -0.3 is 18.9 Å². The Morgan fingerprint density at radius 1 is 1.02 bits per heavy atom. The van der Waals surface area contributed by atoms with Crippen molar-refractivity contribution in [3.8, 4) is 39.5 Å². The van der Waals surface area contributed by atoms with Crippen molar-refractivity contribution >= 4 is 27.7 Å². The van der Waals surface area contributed by atoms with E-state index >= 15 is 4.39 Å². The van der Waals surface area contributed by atoms with Crippen LogP contribution in [0.1, 0.15) is 18.7 Å². The highest BCUT2D eigenvalue weighted by molar-refractivity contribution is 6.09. The van der Waals surface area contributed by atoms with Crippen molar-refractivity contribution < 1.29 is 23.0 Å². The van der Waals surface area contributed by atoms with Gasteiger partial charge in [0.25, 0.3) is 0 Å². The largest absolute Gasteiger partial charge is 0.490 e. The molecule has 4 heterocycles. The van der Waals surface area contributed by atoms with Crippen molar-refractivity contribution in [3.05, 3.63) is 97.0 Å². The lowest BCUT2D eigenvalue weighted by molar-refractivity contribution is -0.129. The summed E-state index contributed by atoms with van der Waals surface area (Å²) in [6.45, 7) is 6.81. The smallest absolute Gasteiger partial charge is 0.246 e. The molecule has 0 radical (unpaired) electrons. The van der Waals surface area contributed by atoms with Crippen LogP contribution in [0.2, 0.25) is 0 Å². The van der Waals surface area contributed by atoms with Gasteiger partial charge in [0.2, 0.25) is 5.91 Å². The molecule has 9 nitrogen and oxygen atoms in total. The zero-order valence-electron chi connectivity index (χ0n) is 26.2. The number of pyridine rings is 1. The topological polar surface area (TPSA) is 87.3 Å². The van der Waals surface area contributed by atoms with Crippen molar-refractivity contribution in [1.29, 1.82) is 0 Å². The average molecular weight is 635 g/mol. The van der Waals surface area contributed by atoms with Crippen molar-refractivity contribution in [1.82, 2.24) is 29.2 Å². The average Bonchev–Trinajstić information content (AvgIpc) is 3.68. The van der Waals surface area contributed by atoms with Gasteiger partial charge in [0.05, 0.1) is 59.2 Å². The standard InChI is InChI=1S/C36H32F2N6O3/c1-5-32(45)43-12-13-44-30(21(43)2)19-28(41-44)36-33(34-26(38)17-23(37)18-31(34)47-15-14-46-4)24-8-6-7-9-25(24)35(40-36)22-10-11-29-27(16-22)39-20-42(29)3/h5-11,16-21H,1,12-15H2,2-4H3/t21-/m1/s1. The summed E-state index contributed by atoms with van der Waals surface area (Å²) in [5.41, 5.74) is 5.38. The maximum atomic E-state index is 16.1. The predicted molar refractivity (Wildman–Crippen MR) is 176 cm³/mol. The van der Waals surface area contributed by atoms with Crippen LogP contribution in [0, 0.1) is 11.6 Å². The van der Waals surface area contributed by atoms with Gasteiger partial charge in [-0.05, 0) is 36.6 Å². The van der Waals surface area contributed by atoms with E-state index in [9.17, 15) is 9.18 Å².